The van der Waals surface area contributed by atoms with Crippen LogP contribution in [-0.4, -0.2) is 9.55 Å². The number of benzene rings is 8. The summed E-state index contributed by atoms with van der Waals surface area (Å²) in [7, 11) is 0. The van der Waals surface area contributed by atoms with Crippen molar-refractivity contribution in [2.75, 3.05) is 4.90 Å². The quantitative estimate of drug-likeness (QED) is 0.144. The highest BCUT2D eigenvalue weighted by atomic mass is 32.1. The number of hydrogen-bond donors (Lipinski definition) is 0. The number of aromatic nitrogens is 2. The Morgan fingerprint density at radius 1 is 0.515 bits per heavy atom. The van der Waals surface area contributed by atoms with Crippen molar-refractivity contribution < 1.29 is 0 Å². The van der Waals surface area contributed by atoms with Crippen LogP contribution < -0.4 is 4.90 Å². The molecule has 2 aromatic heterocycles. The van der Waals surface area contributed by atoms with E-state index in [9.17, 15) is 0 Å². The van der Waals surface area contributed by atoms with Crippen molar-refractivity contribution in [3.8, 4) is 38.6 Å². The molecule has 2 heterocycles. The second-order valence-corrected chi connectivity index (χ2v) is 18.7. The van der Waals surface area contributed by atoms with Gasteiger partial charge in [0.2, 0.25) is 0 Å². The summed E-state index contributed by atoms with van der Waals surface area (Å²) in [4.78, 5) is 10.2. The average molecular weight is 866 g/mol. The fourth-order valence-corrected chi connectivity index (χ4v) is 11.3. The second-order valence-electron chi connectivity index (χ2n) is 17.6. The van der Waals surface area contributed by atoms with Gasteiger partial charge in [0.05, 0.1) is 16.4 Å². The van der Waals surface area contributed by atoms with Crippen molar-refractivity contribution in [3.63, 3.8) is 0 Å². The third kappa shape index (κ3) is 6.68. The lowest BCUT2D eigenvalue weighted by atomic mass is 9.67. The molecule has 0 bridgehead atoms. The van der Waals surface area contributed by atoms with Gasteiger partial charge in [-0.1, -0.05) is 151 Å². The molecule has 8 aromatic carbocycles. The molecule has 0 unspecified atom stereocenters. The first-order chi connectivity index (χ1) is 32.5. The maximum absolute atomic E-state index is 5.21. The molecule has 0 atom stereocenters. The van der Waals surface area contributed by atoms with Crippen molar-refractivity contribution >= 4 is 45.0 Å². The largest absolute Gasteiger partial charge is 0.310 e. The first-order valence-corrected chi connectivity index (χ1v) is 23.7. The van der Waals surface area contributed by atoms with E-state index < -0.39 is 5.41 Å². The zero-order valence-corrected chi connectivity index (χ0v) is 37.8. The van der Waals surface area contributed by atoms with E-state index in [4.69, 9.17) is 4.98 Å². The maximum Gasteiger partial charge on any atom is 0.145 e. The number of fused-ring (bicyclic) bond motifs is 4. The Balaban J connectivity index is 1.03. The van der Waals surface area contributed by atoms with E-state index in [1.165, 1.54) is 65.4 Å². The number of aryl methyl sites for hydroxylation is 2. The first-order valence-electron chi connectivity index (χ1n) is 22.9. The number of para-hydroxylation sites is 3. The van der Waals surface area contributed by atoms with Gasteiger partial charge in [0.25, 0.3) is 0 Å². The molecule has 66 heavy (non-hydrogen) atoms. The van der Waals surface area contributed by atoms with Gasteiger partial charge in [0, 0.05) is 38.1 Å². The van der Waals surface area contributed by atoms with Crippen LogP contribution in [0.5, 0.6) is 0 Å². The summed E-state index contributed by atoms with van der Waals surface area (Å²) in [5.41, 5.74) is 19.6. The lowest BCUT2D eigenvalue weighted by molar-refractivity contribution is 0.767. The molecule has 2 aliphatic carbocycles. The standard InChI is InChI=1S/C62H47N3S/c1-42-21-29-47(30-22-42)62(48-31-23-43(2)24-32-48)55-18-10-9-17-53(55)54-38-37-52(41-56(54)62)64(50-33-25-45(26-34-50)60-40-39-59(66-60)44-13-5-3-6-14-44)51-35-27-46(28-36-51)61-63-57-19-11-12-20-58(57)65(61)49-15-7-4-8-16-49/h4-5,7-41H,3,6H2,1-2H3. The molecule has 316 valence electrons. The van der Waals surface area contributed by atoms with Gasteiger partial charge in [-0.05, 0) is 156 Å². The van der Waals surface area contributed by atoms with Gasteiger partial charge in [-0.3, -0.25) is 4.57 Å². The summed E-state index contributed by atoms with van der Waals surface area (Å²) in [5, 5.41) is 0. The van der Waals surface area contributed by atoms with Crippen molar-refractivity contribution in [3.05, 3.63) is 263 Å². The van der Waals surface area contributed by atoms with E-state index >= 15 is 0 Å². The molecule has 0 amide bonds. The van der Waals surface area contributed by atoms with Crippen LogP contribution in [0.25, 0.3) is 55.2 Å². The normalized spacial score (nSPS) is 13.6. The molecule has 4 heteroatoms. The first kappa shape index (κ1) is 39.8. The van der Waals surface area contributed by atoms with Crippen LogP contribution in [0.15, 0.2) is 224 Å². The monoisotopic (exact) mass is 865 g/mol. The van der Waals surface area contributed by atoms with Crippen molar-refractivity contribution in [2.24, 2.45) is 0 Å². The van der Waals surface area contributed by atoms with Crippen LogP contribution in [0.3, 0.4) is 0 Å². The predicted octanol–water partition coefficient (Wildman–Crippen LogP) is 16.6. The minimum absolute atomic E-state index is 0.529. The smallest absolute Gasteiger partial charge is 0.145 e. The van der Waals surface area contributed by atoms with E-state index in [-0.39, 0.29) is 0 Å². The summed E-state index contributed by atoms with van der Waals surface area (Å²) in [6, 6.07) is 76.1. The Hall–Kier alpha value is -7.79. The molecule has 2 aliphatic rings. The minimum Gasteiger partial charge on any atom is -0.310 e. The highest BCUT2D eigenvalue weighted by molar-refractivity contribution is 7.16. The Morgan fingerprint density at radius 3 is 1.82 bits per heavy atom. The number of imidazole rings is 1. The van der Waals surface area contributed by atoms with Crippen molar-refractivity contribution in [2.45, 2.75) is 32.1 Å². The minimum atomic E-state index is -0.529. The number of hydrogen-bond acceptors (Lipinski definition) is 3. The maximum atomic E-state index is 5.21. The van der Waals surface area contributed by atoms with Crippen LogP contribution in [-0.2, 0) is 5.41 Å². The SMILES string of the molecule is Cc1ccc(C2(c3ccc(C)cc3)c3ccccc3-c3ccc(N(c4ccc(-c5ccc(C6=CCCC=C6)s5)cc4)c4ccc(-c5nc6ccccc6n5-c5ccccc5)cc4)cc32)cc1. The lowest BCUT2D eigenvalue weighted by Gasteiger charge is -2.35. The summed E-state index contributed by atoms with van der Waals surface area (Å²) in [5.74, 6) is 0.913. The second kappa shape index (κ2) is 16.3. The van der Waals surface area contributed by atoms with E-state index in [1.807, 2.05) is 11.3 Å². The number of rotatable bonds is 9. The van der Waals surface area contributed by atoms with E-state index in [2.05, 4.69) is 248 Å². The number of nitrogens with zero attached hydrogens (tertiary/aromatic N) is 3. The molecule has 12 rings (SSSR count). The third-order valence-electron chi connectivity index (χ3n) is 13.5. The Labute approximate surface area is 391 Å². The molecule has 0 saturated heterocycles. The van der Waals surface area contributed by atoms with Gasteiger partial charge in [0.15, 0.2) is 0 Å². The van der Waals surface area contributed by atoms with E-state index in [1.54, 1.807) is 0 Å². The number of allylic oxidation sites excluding steroid dienone is 4. The van der Waals surface area contributed by atoms with Crippen LogP contribution in [0, 0.1) is 13.8 Å². The van der Waals surface area contributed by atoms with Gasteiger partial charge >= 0.3 is 0 Å². The van der Waals surface area contributed by atoms with Crippen LogP contribution in [0.2, 0.25) is 0 Å². The highest BCUT2D eigenvalue weighted by Gasteiger charge is 2.46. The summed E-state index contributed by atoms with van der Waals surface area (Å²) in [6.45, 7) is 4.34. The molecule has 10 aromatic rings. The molecule has 0 N–H and O–H groups in total. The van der Waals surface area contributed by atoms with Gasteiger partial charge in [-0.25, -0.2) is 4.98 Å². The summed E-state index contributed by atoms with van der Waals surface area (Å²) < 4.78 is 2.27. The van der Waals surface area contributed by atoms with Crippen LogP contribution in [0.1, 0.15) is 51.1 Å². The average Bonchev–Trinajstić information content (AvgIpc) is 4.10. The molecular formula is C62H47N3S. The van der Waals surface area contributed by atoms with Crippen LogP contribution >= 0.6 is 11.3 Å². The topological polar surface area (TPSA) is 21.1 Å². The van der Waals surface area contributed by atoms with Gasteiger partial charge < -0.3 is 4.90 Å². The predicted molar refractivity (Wildman–Crippen MR) is 278 cm³/mol. The van der Waals surface area contributed by atoms with Crippen molar-refractivity contribution in [1.29, 1.82) is 0 Å². The molecule has 0 spiro atoms. The molecular weight excluding hydrogens is 819 g/mol. The fraction of sp³-hybridized carbons (Fsp3) is 0.0806. The van der Waals surface area contributed by atoms with Gasteiger partial charge in [-0.15, -0.1) is 11.3 Å². The fourth-order valence-electron chi connectivity index (χ4n) is 10.3. The molecule has 3 nitrogen and oxygen atoms in total. The highest BCUT2D eigenvalue weighted by Crippen LogP contribution is 2.57. The molecule has 0 saturated carbocycles. The number of thiophene rings is 1. The Bertz CT molecular complexity index is 3420. The zero-order chi connectivity index (χ0) is 44.2. The van der Waals surface area contributed by atoms with Crippen LogP contribution in [0.4, 0.5) is 17.1 Å². The zero-order valence-electron chi connectivity index (χ0n) is 37.0. The van der Waals surface area contributed by atoms with Gasteiger partial charge in [0.1, 0.15) is 5.82 Å². The van der Waals surface area contributed by atoms with E-state index in [0.717, 1.165) is 58.0 Å². The lowest BCUT2D eigenvalue weighted by Crippen LogP contribution is -2.29. The van der Waals surface area contributed by atoms with E-state index in [0.29, 0.717) is 0 Å². The summed E-state index contributed by atoms with van der Waals surface area (Å²) >= 11 is 1.86. The Morgan fingerprint density at radius 2 is 1.12 bits per heavy atom. The Kier molecular flexibility index (Phi) is 9.84. The number of anilines is 3. The van der Waals surface area contributed by atoms with Crippen molar-refractivity contribution in [1.82, 2.24) is 9.55 Å². The van der Waals surface area contributed by atoms with Gasteiger partial charge in [-0.2, -0.15) is 0 Å². The molecule has 0 fully saturated rings. The third-order valence-corrected chi connectivity index (χ3v) is 14.7. The summed E-state index contributed by atoms with van der Waals surface area (Å²) in [6.07, 6.45) is 9.13. The molecule has 0 radical (unpaired) electrons. The molecule has 0 aliphatic heterocycles.